The maximum absolute atomic E-state index is 10.7. The van der Waals surface area contributed by atoms with Crippen molar-refractivity contribution in [3.63, 3.8) is 0 Å². The number of carbonyl (C=O) groups is 1. The van der Waals surface area contributed by atoms with Crippen LogP contribution in [0.25, 0.3) is 10.4 Å². The van der Waals surface area contributed by atoms with E-state index in [-0.39, 0.29) is 0 Å². The van der Waals surface area contributed by atoms with Crippen LogP contribution in [0, 0.1) is 0 Å². The molecular formula is C11H9NOS. The van der Waals surface area contributed by atoms with Crippen LogP contribution >= 0.6 is 11.3 Å². The van der Waals surface area contributed by atoms with Crippen LogP contribution in [0.4, 0.5) is 5.69 Å². The highest BCUT2D eigenvalue weighted by molar-refractivity contribution is 7.13. The molecule has 2 rings (SSSR count). The molecule has 0 saturated heterocycles. The van der Waals surface area contributed by atoms with E-state index in [1.807, 2.05) is 29.6 Å². The number of nitrogen functional groups attached to an aromatic ring is 1. The maximum atomic E-state index is 10.7. The molecule has 0 amide bonds. The first-order valence-electron chi connectivity index (χ1n) is 4.20. The number of nitrogens with two attached hydrogens (primary N) is 1. The van der Waals surface area contributed by atoms with Gasteiger partial charge < -0.3 is 5.73 Å². The standard InChI is InChI=1S/C11H9NOS/c12-11-8(7-13)3-1-4-9(11)10-5-2-6-14-10/h1-7H,12H2. The van der Waals surface area contributed by atoms with Crippen molar-refractivity contribution >= 4 is 23.3 Å². The molecule has 0 spiro atoms. The van der Waals surface area contributed by atoms with Crippen LogP contribution in [0.1, 0.15) is 10.4 Å². The molecular weight excluding hydrogens is 194 g/mol. The first-order valence-corrected chi connectivity index (χ1v) is 5.08. The Balaban J connectivity index is 2.60. The average molecular weight is 203 g/mol. The van der Waals surface area contributed by atoms with Crippen molar-refractivity contribution in [1.82, 2.24) is 0 Å². The molecule has 0 unspecified atom stereocenters. The number of rotatable bonds is 2. The quantitative estimate of drug-likeness (QED) is 0.602. The minimum absolute atomic E-state index is 0.552. The lowest BCUT2D eigenvalue weighted by Crippen LogP contribution is -1.94. The predicted octanol–water partition coefficient (Wildman–Crippen LogP) is 2.81. The number of hydrogen-bond acceptors (Lipinski definition) is 3. The van der Waals surface area contributed by atoms with E-state index < -0.39 is 0 Å². The largest absolute Gasteiger partial charge is 0.398 e. The number of anilines is 1. The second-order valence-electron chi connectivity index (χ2n) is 2.90. The number of para-hydroxylation sites is 1. The van der Waals surface area contributed by atoms with Crippen molar-refractivity contribution in [2.75, 3.05) is 5.73 Å². The van der Waals surface area contributed by atoms with Crippen LogP contribution < -0.4 is 5.73 Å². The molecule has 14 heavy (non-hydrogen) atoms. The predicted molar refractivity (Wildman–Crippen MR) is 59.6 cm³/mol. The zero-order chi connectivity index (χ0) is 9.97. The summed E-state index contributed by atoms with van der Waals surface area (Å²) in [5.41, 5.74) is 7.91. The van der Waals surface area contributed by atoms with Gasteiger partial charge in [0, 0.05) is 16.0 Å². The third-order valence-corrected chi connectivity index (χ3v) is 2.96. The molecule has 2 aromatic rings. The zero-order valence-electron chi connectivity index (χ0n) is 7.44. The van der Waals surface area contributed by atoms with E-state index in [1.54, 1.807) is 17.4 Å². The van der Waals surface area contributed by atoms with Gasteiger partial charge in [-0.2, -0.15) is 0 Å². The Kier molecular flexibility index (Phi) is 2.33. The molecule has 0 aliphatic heterocycles. The van der Waals surface area contributed by atoms with Gasteiger partial charge in [-0.15, -0.1) is 11.3 Å². The molecule has 0 saturated carbocycles. The summed E-state index contributed by atoms with van der Waals surface area (Å²) in [4.78, 5) is 11.8. The number of hydrogen-bond donors (Lipinski definition) is 1. The van der Waals surface area contributed by atoms with Crippen molar-refractivity contribution in [1.29, 1.82) is 0 Å². The summed E-state index contributed by atoms with van der Waals surface area (Å²) >= 11 is 1.61. The van der Waals surface area contributed by atoms with Crippen LogP contribution in [-0.2, 0) is 0 Å². The highest BCUT2D eigenvalue weighted by Gasteiger charge is 2.06. The molecule has 0 radical (unpaired) electrons. The summed E-state index contributed by atoms with van der Waals surface area (Å²) in [5.74, 6) is 0. The molecule has 0 atom stereocenters. The third-order valence-electron chi connectivity index (χ3n) is 2.05. The van der Waals surface area contributed by atoms with Crippen molar-refractivity contribution < 1.29 is 4.79 Å². The van der Waals surface area contributed by atoms with Gasteiger partial charge in [-0.3, -0.25) is 4.79 Å². The number of thiophene rings is 1. The first kappa shape index (κ1) is 8.97. The Labute approximate surface area is 86.0 Å². The van der Waals surface area contributed by atoms with E-state index >= 15 is 0 Å². The summed E-state index contributed by atoms with van der Waals surface area (Å²) in [6, 6.07) is 9.45. The van der Waals surface area contributed by atoms with E-state index in [2.05, 4.69) is 0 Å². The Bertz CT molecular complexity index is 448. The van der Waals surface area contributed by atoms with Gasteiger partial charge in [0.05, 0.1) is 5.69 Å². The van der Waals surface area contributed by atoms with Crippen molar-refractivity contribution in [2.24, 2.45) is 0 Å². The van der Waals surface area contributed by atoms with Crippen LogP contribution in [-0.4, -0.2) is 6.29 Å². The summed E-state index contributed by atoms with van der Waals surface area (Å²) < 4.78 is 0. The molecule has 3 heteroatoms. The molecule has 2 nitrogen and oxygen atoms in total. The molecule has 0 fully saturated rings. The molecule has 1 aromatic carbocycles. The fraction of sp³-hybridized carbons (Fsp3) is 0. The van der Waals surface area contributed by atoms with Gasteiger partial charge >= 0.3 is 0 Å². The van der Waals surface area contributed by atoms with Crippen molar-refractivity contribution in [3.8, 4) is 10.4 Å². The second kappa shape index (κ2) is 3.64. The van der Waals surface area contributed by atoms with Gasteiger partial charge in [0.2, 0.25) is 0 Å². The van der Waals surface area contributed by atoms with Crippen LogP contribution in [0.3, 0.4) is 0 Å². The van der Waals surface area contributed by atoms with Crippen LogP contribution in [0.15, 0.2) is 35.7 Å². The molecule has 2 N–H and O–H groups in total. The summed E-state index contributed by atoms with van der Waals surface area (Å²) in [6.07, 6.45) is 0.784. The lowest BCUT2D eigenvalue weighted by molar-refractivity contribution is 0.112. The minimum Gasteiger partial charge on any atom is -0.398 e. The summed E-state index contributed by atoms with van der Waals surface area (Å²) in [7, 11) is 0. The number of carbonyl (C=O) groups excluding carboxylic acids is 1. The minimum atomic E-state index is 0.552. The molecule has 0 aliphatic carbocycles. The third kappa shape index (κ3) is 1.42. The van der Waals surface area contributed by atoms with Crippen LogP contribution in [0.2, 0.25) is 0 Å². The topological polar surface area (TPSA) is 43.1 Å². The van der Waals surface area contributed by atoms with Crippen molar-refractivity contribution in [2.45, 2.75) is 0 Å². The molecule has 0 aliphatic rings. The molecule has 1 aromatic heterocycles. The average Bonchev–Trinajstić information content (AvgIpc) is 2.71. The highest BCUT2D eigenvalue weighted by atomic mass is 32.1. The Hall–Kier alpha value is -1.61. The van der Waals surface area contributed by atoms with E-state index in [0.29, 0.717) is 11.3 Å². The lowest BCUT2D eigenvalue weighted by Gasteiger charge is -2.04. The van der Waals surface area contributed by atoms with E-state index in [0.717, 1.165) is 16.7 Å². The first-order chi connectivity index (χ1) is 6.83. The van der Waals surface area contributed by atoms with Gasteiger partial charge in [0.1, 0.15) is 0 Å². The molecule has 1 heterocycles. The van der Waals surface area contributed by atoms with Gasteiger partial charge in [0.25, 0.3) is 0 Å². The highest BCUT2D eigenvalue weighted by Crippen LogP contribution is 2.31. The van der Waals surface area contributed by atoms with E-state index in [1.165, 1.54) is 0 Å². The van der Waals surface area contributed by atoms with Gasteiger partial charge in [0.15, 0.2) is 6.29 Å². The monoisotopic (exact) mass is 203 g/mol. The Morgan fingerprint density at radius 3 is 2.71 bits per heavy atom. The maximum Gasteiger partial charge on any atom is 0.152 e. The summed E-state index contributed by atoms with van der Waals surface area (Å²) in [5, 5.41) is 1.99. The van der Waals surface area contributed by atoms with Crippen LogP contribution in [0.5, 0.6) is 0 Å². The molecule has 70 valence electrons. The molecule has 0 bridgehead atoms. The SMILES string of the molecule is Nc1c(C=O)cccc1-c1cccs1. The summed E-state index contributed by atoms with van der Waals surface area (Å²) in [6.45, 7) is 0. The normalized spacial score (nSPS) is 10.0. The lowest BCUT2D eigenvalue weighted by atomic mass is 10.1. The Morgan fingerprint density at radius 1 is 1.21 bits per heavy atom. The van der Waals surface area contributed by atoms with Gasteiger partial charge in [-0.1, -0.05) is 18.2 Å². The van der Waals surface area contributed by atoms with E-state index in [9.17, 15) is 4.79 Å². The second-order valence-corrected chi connectivity index (χ2v) is 3.85. The number of aldehydes is 1. The smallest absolute Gasteiger partial charge is 0.152 e. The van der Waals surface area contributed by atoms with Crippen molar-refractivity contribution in [3.05, 3.63) is 41.3 Å². The fourth-order valence-corrected chi connectivity index (χ4v) is 2.10. The zero-order valence-corrected chi connectivity index (χ0v) is 8.25. The fourth-order valence-electron chi connectivity index (χ4n) is 1.33. The van der Waals surface area contributed by atoms with Gasteiger partial charge in [-0.05, 0) is 17.5 Å². The van der Waals surface area contributed by atoms with Gasteiger partial charge in [-0.25, -0.2) is 0 Å². The Morgan fingerprint density at radius 2 is 2.07 bits per heavy atom. The van der Waals surface area contributed by atoms with E-state index in [4.69, 9.17) is 5.73 Å². The number of benzene rings is 1.